The van der Waals surface area contributed by atoms with Gasteiger partial charge in [0.15, 0.2) is 10.9 Å². The van der Waals surface area contributed by atoms with Gasteiger partial charge in [0.1, 0.15) is 11.3 Å². The Kier molecular flexibility index (Phi) is 4.83. The molecule has 3 aromatic heterocycles. The molecule has 0 spiro atoms. The van der Waals surface area contributed by atoms with E-state index in [2.05, 4.69) is 15.3 Å². The molecule has 5 rings (SSSR count). The lowest BCUT2D eigenvalue weighted by Gasteiger charge is -2.07. The van der Waals surface area contributed by atoms with E-state index in [4.69, 9.17) is 4.42 Å². The van der Waals surface area contributed by atoms with Crippen LogP contribution in [0, 0.1) is 6.92 Å². The molecule has 0 aliphatic rings. The lowest BCUT2D eigenvalue weighted by molar-refractivity contribution is -0.116. The van der Waals surface area contributed by atoms with Gasteiger partial charge in [0.2, 0.25) is 5.91 Å². The molecule has 1 amide bonds. The molecule has 5 aromatic rings. The van der Waals surface area contributed by atoms with Gasteiger partial charge >= 0.3 is 0 Å². The van der Waals surface area contributed by atoms with Crippen molar-refractivity contribution in [2.24, 2.45) is 0 Å². The summed E-state index contributed by atoms with van der Waals surface area (Å²) in [7, 11) is 0. The average Bonchev–Trinajstić information content (AvgIpc) is 3.40. The quantitative estimate of drug-likeness (QED) is 0.440. The first-order valence-electron chi connectivity index (χ1n) is 9.77. The van der Waals surface area contributed by atoms with Crippen molar-refractivity contribution in [3.05, 3.63) is 76.2 Å². The van der Waals surface area contributed by atoms with Crippen LogP contribution in [-0.4, -0.2) is 20.4 Å². The van der Waals surface area contributed by atoms with Crippen molar-refractivity contribution in [3.8, 4) is 11.5 Å². The van der Waals surface area contributed by atoms with Gasteiger partial charge in [-0.05, 0) is 30.7 Å². The minimum atomic E-state index is -0.221. The third kappa shape index (κ3) is 3.73. The Labute approximate surface area is 181 Å². The van der Waals surface area contributed by atoms with Crippen LogP contribution < -0.4 is 10.9 Å². The van der Waals surface area contributed by atoms with Crippen molar-refractivity contribution in [1.82, 2.24) is 14.5 Å². The third-order valence-corrected chi connectivity index (χ3v) is 5.82. The Morgan fingerprint density at radius 2 is 2.06 bits per heavy atom. The van der Waals surface area contributed by atoms with Gasteiger partial charge in [-0.1, -0.05) is 30.3 Å². The standard InChI is InChI=1S/C23H18N4O3S/c1-14-5-4-7-16-21(14)24-13-27(22(16)29)10-9-20(28)26-23-25-17(12-31-23)19-11-15-6-2-3-8-18(15)30-19/h2-8,11-13H,9-10H2,1H3,(H,25,26,28). The van der Waals surface area contributed by atoms with E-state index in [1.54, 1.807) is 6.07 Å². The molecule has 0 atom stereocenters. The minimum Gasteiger partial charge on any atom is -0.454 e. The van der Waals surface area contributed by atoms with Crippen LogP contribution in [0.3, 0.4) is 0 Å². The summed E-state index contributed by atoms with van der Waals surface area (Å²) in [6.07, 6.45) is 1.63. The molecule has 8 heteroatoms. The first-order chi connectivity index (χ1) is 15.1. The molecule has 3 heterocycles. The number of amides is 1. The molecule has 0 saturated heterocycles. The van der Waals surface area contributed by atoms with Crippen molar-refractivity contribution in [1.29, 1.82) is 0 Å². The van der Waals surface area contributed by atoms with E-state index in [0.717, 1.165) is 16.5 Å². The second kappa shape index (κ2) is 7.81. The predicted molar refractivity (Wildman–Crippen MR) is 121 cm³/mol. The second-order valence-corrected chi connectivity index (χ2v) is 8.06. The van der Waals surface area contributed by atoms with Crippen LogP contribution in [0.4, 0.5) is 5.13 Å². The zero-order valence-electron chi connectivity index (χ0n) is 16.7. The number of furan rings is 1. The molecule has 2 aromatic carbocycles. The molecule has 31 heavy (non-hydrogen) atoms. The zero-order chi connectivity index (χ0) is 21.4. The maximum absolute atomic E-state index is 12.7. The summed E-state index contributed by atoms with van der Waals surface area (Å²) in [4.78, 5) is 33.9. The number of carbonyl (C=O) groups is 1. The number of anilines is 1. The Hall–Kier alpha value is -3.78. The van der Waals surface area contributed by atoms with Crippen LogP contribution in [0.2, 0.25) is 0 Å². The van der Waals surface area contributed by atoms with E-state index in [1.807, 2.05) is 54.8 Å². The summed E-state index contributed by atoms with van der Waals surface area (Å²) in [5.74, 6) is 0.434. The number of benzene rings is 2. The summed E-state index contributed by atoms with van der Waals surface area (Å²) >= 11 is 1.33. The van der Waals surface area contributed by atoms with Crippen LogP contribution >= 0.6 is 11.3 Å². The number of nitrogens with one attached hydrogen (secondary N) is 1. The molecule has 0 radical (unpaired) electrons. The number of hydrogen-bond acceptors (Lipinski definition) is 6. The highest BCUT2D eigenvalue weighted by Gasteiger charge is 2.13. The molecule has 0 bridgehead atoms. The second-order valence-electron chi connectivity index (χ2n) is 7.20. The summed E-state index contributed by atoms with van der Waals surface area (Å²) in [5, 5.41) is 6.67. The van der Waals surface area contributed by atoms with E-state index < -0.39 is 0 Å². The number of thiazole rings is 1. The average molecular weight is 430 g/mol. The fourth-order valence-corrected chi connectivity index (χ4v) is 4.17. The highest BCUT2D eigenvalue weighted by atomic mass is 32.1. The maximum atomic E-state index is 12.7. The predicted octanol–water partition coefficient (Wildman–Crippen LogP) is 4.60. The Balaban J connectivity index is 1.27. The summed E-state index contributed by atoms with van der Waals surface area (Å²) in [5.41, 5.74) is 2.95. The topological polar surface area (TPSA) is 90.0 Å². The van der Waals surface area contributed by atoms with Crippen LogP contribution in [0.15, 0.2) is 69.5 Å². The molecule has 0 saturated carbocycles. The number of aryl methyl sites for hydroxylation is 2. The van der Waals surface area contributed by atoms with Crippen molar-refractivity contribution < 1.29 is 9.21 Å². The van der Waals surface area contributed by atoms with Crippen LogP contribution in [0.5, 0.6) is 0 Å². The van der Waals surface area contributed by atoms with Crippen molar-refractivity contribution in [2.45, 2.75) is 19.9 Å². The van der Waals surface area contributed by atoms with Crippen molar-refractivity contribution >= 4 is 44.2 Å². The number of carbonyl (C=O) groups excluding carboxylic acids is 1. The van der Waals surface area contributed by atoms with E-state index in [0.29, 0.717) is 27.5 Å². The number of fused-ring (bicyclic) bond motifs is 2. The summed E-state index contributed by atoms with van der Waals surface area (Å²) in [6, 6.07) is 15.2. The fraction of sp³-hybridized carbons (Fsp3) is 0.130. The van der Waals surface area contributed by atoms with Gasteiger partial charge in [0.05, 0.1) is 17.2 Å². The van der Waals surface area contributed by atoms with E-state index in [-0.39, 0.29) is 24.4 Å². The highest BCUT2D eigenvalue weighted by Crippen LogP contribution is 2.30. The third-order valence-electron chi connectivity index (χ3n) is 5.06. The highest BCUT2D eigenvalue weighted by molar-refractivity contribution is 7.14. The van der Waals surface area contributed by atoms with Gasteiger partial charge < -0.3 is 9.73 Å². The van der Waals surface area contributed by atoms with Gasteiger partial charge in [-0.25, -0.2) is 9.97 Å². The SMILES string of the molecule is Cc1cccc2c(=O)n(CCC(=O)Nc3nc(-c4cc5ccccc5o4)cs3)cnc12. The smallest absolute Gasteiger partial charge is 0.261 e. The largest absolute Gasteiger partial charge is 0.454 e. The zero-order valence-corrected chi connectivity index (χ0v) is 17.5. The summed E-state index contributed by atoms with van der Waals surface area (Å²) in [6.45, 7) is 2.16. The molecule has 1 N–H and O–H groups in total. The van der Waals surface area contributed by atoms with Gasteiger partial charge in [-0.3, -0.25) is 14.2 Å². The van der Waals surface area contributed by atoms with E-state index in [1.165, 1.54) is 22.2 Å². The van der Waals surface area contributed by atoms with E-state index >= 15 is 0 Å². The fourth-order valence-electron chi connectivity index (χ4n) is 3.45. The molecule has 7 nitrogen and oxygen atoms in total. The number of hydrogen-bond donors (Lipinski definition) is 1. The maximum Gasteiger partial charge on any atom is 0.261 e. The first-order valence-corrected chi connectivity index (χ1v) is 10.7. The Morgan fingerprint density at radius 3 is 2.94 bits per heavy atom. The molecule has 154 valence electrons. The van der Waals surface area contributed by atoms with Gasteiger partial charge in [0, 0.05) is 23.7 Å². The van der Waals surface area contributed by atoms with Crippen molar-refractivity contribution in [2.75, 3.05) is 5.32 Å². The van der Waals surface area contributed by atoms with Gasteiger partial charge in [-0.15, -0.1) is 11.3 Å². The Bertz CT molecular complexity index is 1450. The van der Waals surface area contributed by atoms with E-state index in [9.17, 15) is 9.59 Å². The molecular formula is C23H18N4O3S. The van der Waals surface area contributed by atoms with Gasteiger partial charge in [0.25, 0.3) is 5.56 Å². The molecule has 0 aliphatic heterocycles. The lowest BCUT2D eigenvalue weighted by atomic mass is 10.1. The van der Waals surface area contributed by atoms with Crippen LogP contribution in [0.1, 0.15) is 12.0 Å². The molecule has 0 fully saturated rings. The van der Waals surface area contributed by atoms with Gasteiger partial charge in [-0.2, -0.15) is 0 Å². The first kappa shape index (κ1) is 19.2. The number of rotatable bonds is 5. The van der Waals surface area contributed by atoms with Crippen LogP contribution in [0.25, 0.3) is 33.3 Å². The molecular weight excluding hydrogens is 412 g/mol. The molecule has 0 aliphatic carbocycles. The number of aromatic nitrogens is 3. The number of nitrogens with zero attached hydrogens (tertiary/aromatic N) is 3. The number of para-hydroxylation sites is 2. The summed E-state index contributed by atoms with van der Waals surface area (Å²) < 4.78 is 7.28. The van der Waals surface area contributed by atoms with Crippen molar-refractivity contribution in [3.63, 3.8) is 0 Å². The normalized spacial score (nSPS) is 11.3. The molecule has 0 unspecified atom stereocenters. The van der Waals surface area contributed by atoms with Crippen LogP contribution in [-0.2, 0) is 11.3 Å². The monoisotopic (exact) mass is 430 g/mol. The minimum absolute atomic E-state index is 0.137. The Morgan fingerprint density at radius 1 is 1.19 bits per heavy atom. The lowest BCUT2D eigenvalue weighted by Crippen LogP contribution is -2.23.